The second kappa shape index (κ2) is 5.25. The Morgan fingerprint density at radius 1 is 1.14 bits per heavy atom. The minimum Gasteiger partial charge on any atom is -0.494 e. The zero-order chi connectivity index (χ0) is 14.8. The molecule has 0 aliphatic heterocycles. The first-order chi connectivity index (χ1) is 10.2. The first-order valence-electron chi connectivity index (χ1n) is 6.46. The van der Waals surface area contributed by atoms with Gasteiger partial charge in [-0.05, 0) is 35.0 Å². The van der Waals surface area contributed by atoms with Crippen molar-refractivity contribution < 1.29 is 14.6 Å². The number of methoxy groups -OCH3 is 1. The predicted octanol–water partition coefficient (Wildman–Crippen LogP) is 3.61. The van der Waals surface area contributed by atoms with Crippen LogP contribution in [0.25, 0.3) is 22.0 Å². The van der Waals surface area contributed by atoms with Crippen molar-refractivity contribution in [3.8, 4) is 17.0 Å². The summed E-state index contributed by atoms with van der Waals surface area (Å²) in [5.74, 6) is -0.287. The Hall–Kier alpha value is -2.88. The Morgan fingerprint density at radius 3 is 2.76 bits per heavy atom. The molecule has 0 amide bonds. The van der Waals surface area contributed by atoms with E-state index < -0.39 is 5.97 Å². The molecule has 0 fully saturated rings. The molecular weight excluding hydrogens is 266 g/mol. The van der Waals surface area contributed by atoms with Gasteiger partial charge in [-0.25, -0.2) is 4.79 Å². The fraction of sp³-hybridized carbons (Fsp3) is 0.0588. The number of hydrogen-bond acceptors (Lipinski definition) is 3. The summed E-state index contributed by atoms with van der Waals surface area (Å²) in [6, 6.07) is 14.5. The Kier molecular flexibility index (Phi) is 3.28. The maximum absolute atomic E-state index is 11.2. The molecule has 1 aromatic heterocycles. The normalized spacial score (nSPS) is 10.5. The molecule has 4 heteroatoms. The van der Waals surface area contributed by atoms with E-state index in [0.29, 0.717) is 11.4 Å². The number of aromatic carboxylic acids is 1. The number of aromatic nitrogens is 1. The average Bonchev–Trinajstić information content (AvgIpc) is 2.53. The van der Waals surface area contributed by atoms with Gasteiger partial charge in [-0.1, -0.05) is 24.3 Å². The van der Waals surface area contributed by atoms with Crippen molar-refractivity contribution in [1.82, 2.24) is 4.98 Å². The third-order valence-corrected chi connectivity index (χ3v) is 3.37. The van der Waals surface area contributed by atoms with E-state index in [-0.39, 0.29) is 5.56 Å². The van der Waals surface area contributed by atoms with Crippen molar-refractivity contribution in [2.75, 3.05) is 7.11 Å². The number of carbonyl (C=O) groups is 1. The smallest absolute Gasteiger partial charge is 0.335 e. The molecule has 0 atom stereocenters. The number of ether oxygens (including phenoxy) is 1. The van der Waals surface area contributed by atoms with E-state index in [1.807, 2.05) is 24.3 Å². The Morgan fingerprint density at radius 2 is 2.00 bits per heavy atom. The maximum atomic E-state index is 11.2. The SMILES string of the molecule is COc1cccnc1-c1cccc2ccc(C(=O)O)cc12. The maximum Gasteiger partial charge on any atom is 0.335 e. The first-order valence-corrected chi connectivity index (χ1v) is 6.46. The van der Waals surface area contributed by atoms with E-state index in [0.717, 1.165) is 16.3 Å². The summed E-state index contributed by atoms with van der Waals surface area (Å²) in [7, 11) is 1.59. The molecule has 0 aliphatic rings. The highest BCUT2D eigenvalue weighted by molar-refractivity contribution is 6.01. The van der Waals surface area contributed by atoms with E-state index in [9.17, 15) is 4.79 Å². The highest BCUT2D eigenvalue weighted by atomic mass is 16.5. The summed E-state index contributed by atoms with van der Waals surface area (Å²) < 4.78 is 5.35. The number of benzene rings is 2. The van der Waals surface area contributed by atoms with Gasteiger partial charge in [0.1, 0.15) is 11.4 Å². The lowest BCUT2D eigenvalue weighted by molar-refractivity contribution is 0.0697. The van der Waals surface area contributed by atoms with Crippen LogP contribution in [0.1, 0.15) is 10.4 Å². The van der Waals surface area contributed by atoms with E-state index in [1.54, 1.807) is 37.6 Å². The summed E-state index contributed by atoms with van der Waals surface area (Å²) >= 11 is 0. The molecule has 0 aliphatic carbocycles. The van der Waals surface area contributed by atoms with E-state index >= 15 is 0 Å². The lowest BCUT2D eigenvalue weighted by atomic mass is 9.99. The third kappa shape index (κ3) is 2.31. The summed E-state index contributed by atoms with van der Waals surface area (Å²) in [6.45, 7) is 0. The van der Waals surface area contributed by atoms with Crippen LogP contribution >= 0.6 is 0 Å². The molecule has 0 spiro atoms. The van der Waals surface area contributed by atoms with E-state index in [1.165, 1.54) is 0 Å². The summed E-state index contributed by atoms with van der Waals surface area (Å²) in [5.41, 5.74) is 1.81. The summed E-state index contributed by atoms with van der Waals surface area (Å²) in [6.07, 6.45) is 1.69. The molecule has 0 radical (unpaired) electrons. The minimum atomic E-state index is -0.945. The second-order valence-electron chi connectivity index (χ2n) is 4.60. The van der Waals surface area contributed by atoms with Gasteiger partial charge in [0.15, 0.2) is 0 Å². The largest absolute Gasteiger partial charge is 0.494 e. The van der Waals surface area contributed by atoms with Crippen LogP contribution in [0.5, 0.6) is 5.75 Å². The van der Waals surface area contributed by atoms with E-state index in [4.69, 9.17) is 9.84 Å². The van der Waals surface area contributed by atoms with Crippen LogP contribution in [0.15, 0.2) is 54.7 Å². The number of rotatable bonds is 3. The first kappa shape index (κ1) is 13.1. The van der Waals surface area contributed by atoms with Gasteiger partial charge in [-0.3, -0.25) is 4.98 Å². The number of carboxylic acids is 1. The van der Waals surface area contributed by atoms with Gasteiger partial charge in [0, 0.05) is 11.8 Å². The van der Waals surface area contributed by atoms with Crippen LogP contribution in [0, 0.1) is 0 Å². The van der Waals surface area contributed by atoms with Gasteiger partial charge in [-0.2, -0.15) is 0 Å². The van der Waals surface area contributed by atoms with Crippen LogP contribution in [0.3, 0.4) is 0 Å². The lowest BCUT2D eigenvalue weighted by Crippen LogP contribution is -1.96. The summed E-state index contributed by atoms with van der Waals surface area (Å²) in [4.78, 5) is 15.5. The monoisotopic (exact) mass is 279 g/mol. The minimum absolute atomic E-state index is 0.254. The number of pyridine rings is 1. The van der Waals surface area contributed by atoms with Gasteiger partial charge in [-0.15, -0.1) is 0 Å². The molecule has 104 valence electrons. The number of carboxylic acid groups (broad SMARTS) is 1. The van der Waals surface area contributed by atoms with Crippen LogP contribution in [-0.4, -0.2) is 23.2 Å². The fourth-order valence-electron chi connectivity index (χ4n) is 2.37. The molecule has 1 heterocycles. The summed E-state index contributed by atoms with van der Waals surface area (Å²) in [5, 5.41) is 11.0. The van der Waals surface area contributed by atoms with Gasteiger partial charge < -0.3 is 9.84 Å². The Balaban J connectivity index is 2.31. The van der Waals surface area contributed by atoms with Gasteiger partial charge >= 0.3 is 5.97 Å². The molecule has 0 bridgehead atoms. The molecule has 4 nitrogen and oxygen atoms in total. The molecule has 3 rings (SSSR count). The van der Waals surface area contributed by atoms with Crippen LogP contribution in [0.4, 0.5) is 0 Å². The molecule has 0 saturated heterocycles. The van der Waals surface area contributed by atoms with Crippen molar-refractivity contribution in [3.05, 3.63) is 60.3 Å². The molecular formula is C17H13NO3. The molecule has 0 unspecified atom stereocenters. The van der Waals surface area contributed by atoms with Crippen molar-refractivity contribution in [2.24, 2.45) is 0 Å². The second-order valence-corrected chi connectivity index (χ2v) is 4.60. The van der Waals surface area contributed by atoms with Gasteiger partial charge in [0.2, 0.25) is 0 Å². The zero-order valence-electron chi connectivity index (χ0n) is 11.4. The van der Waals surface area contributed by atoms with Crippen molar-refractivity contribution in [2.45, 2.75) is 0 Å². The molecule has 21 heavy (non-hydrogen) atoms. The van der Waals surface area contributed by atoms with Crippen LogP contribution in [-0.2, 0) is 0 Å². The Bertz CT molecular complexity index is 827. The topological polar surface area (TPSA) is 59.4 Å². The van der Waals surface area contributed by atoms with Crippen molar-refractivity contribution >= 4 is 16.7 Å². The number of hydrogen-bond donors (Lipinski definition) is 1. The Labute approximate surface area is 121 Å². The van der Waals surface area contributed by atoms with Crippen molar-refractivity contribution in [3.63, 3.8) is 0 Å². The van der Waals surface area contributed by atoms with E-state index in [2.05, 4.69) is 4.98 Å². The average molecular weight is 279 g/mol. The highest BCUT2D eigenvalue weighted by Gasteiger charge is 2.12. The molecule has 3 aromatic rings. The number of nitrogens with zero attached hydrogens (tertiary/aromatic N) is 1. The predicted molar refractivity (Wildman–Crippen MR) is 80.7 cm³/mol. The number of fused-ring (bicyclic) bond motifs is 1. The quantitative estimate of drug-likeness (QED) is 0.795. The lowest BCUT2D eigenvalue weighted by Gasteiger charge is -2.10. The van der Waals surface area contributed by atoms with Crippen LogP contribution < -0.4 is 4.74 Å². The van der Waals surface area contributed by atoms with Gasteiger partial charge in [0.05, 0.1) is 12.7 Å². The van der Waals surface area contributed by atoms with Crippen molar-refractivity contribution in [1.29, 1.82) is 0 Å². The molecule has 0 saturated carbocycles. The van der Waals surface area contributed by atoms with Crippen LogP contribution in [0.2, 0.25) is 0 Å². The molecule has 2 aromatic carbocycles. The standard InChI is InChI=1S/C17H13NO3/c1-21-15-6-3-9-18-16(15)13-5-2-4-11-7-8-12(17(19)20)10-14(11)13/h2-10H,1H3,(H,19,20). The fourth-order valence-corrected chi connectivity index (χ4v) is 2.37. The van der Waals surface area contributed by atoms with Gasteiger partial charge in [0.25, 0.3) is 0 Å². The highest BCUT2D eigenvalue weighted by Crippen LogP contribution is 2.33. The third-order valence-electron chi connectivity index (χ3n) is 3.37. The zero-order valence-corrected chi connectivity index (χ0v) is 11.4. The molecule has 1 N–H and O–H groups in total.